The van der Waals surface area contributed by atoms with E-state index in [1.807, 2.05) is 0 Å². The molecule has 2 aliphatic rings. The Kier molecular flexibility index (Phi) is 5.44. The van der Waals surface area contributed by atoms with Crippen LogP contribution in [0.4, 0.5) is 0 Å². The highest BCUT2D eigenvalue weighted by Gasteiger charge is 2.38. The first-order valence-electron chi connectivity index (χ1n) is 7.85. The summed E-state index contributed by atoms with van der Waals surface area (Å²) in [5.41, 5.74) is 0. The van der Waals surface area contributed by atoms with Gasteiger partial charge < -0.3 is 10.0 Å². The number of carboxylic acid groups (broad SMARTS) is 1. The third-order valence-electron chi connectivity index (χ3n) is 4.67. The maximum atomic E-state index is 12.5. The second-order valence-electron chi connectivity index (χ2n) is 6.12. The highest BCUT2D eigenvalue weighted by Crippen LogP contribution is 2.31. The molecule has 7 nitrogen and oxygen atoms in total. The summed E-state index contributed by atoms with van der Waals surface area (Å²) in [6, 6.07) is 0. The number of aliphatic carboxylic acids is 1. The Bertz CT molecular complexity index is 525. The smallest absolute Gasteiger partial charge is 0.306 e. The number of carboxylic acids is 1. The molecule has 8 heteroatoms. The SMILES string of the molecule is CCNS(=O)(=O)C1CCN(C(=O)C2CCC(C(=O)O)CC2)C1. The van der Waals surface area contributed by atoms with Gasteiger partial charge in [-0.3, -0.25) is 9.59 Å². The van der Waals surface area contributed by atoms with Crippen molar-refractivity contribution in [2.75, 3.05) is 19.6 Å². The van der Waals surface area contributed by atoms with Crippen molar-refractivity contribution in [3.63, 3.8) is 0 Å². The Labute approximate surface area is 131 Å². The van der Waals surface area contributed by atoms with E-state index in [1.165, 1.54) is 0 Å². The predicted molar refractivity (Wildman–Crippen MR) is 80.7 cm³/mol. The quantitative estimate of drug-likeness (QED) is 0.759. The van der Waals surface area contributed by atoms with E-state index in [0.717, 1.165) is 0 Å². The van der Waals surface area contributed by atoms with Crippen LogP contribution in [0.2, 0.25) is 0 Å². The molecular formula is C14H24N2O5S. The molecule has 1 saturated heterocycles. The molecule has 0 spiro atoms. The third-order valence-corrected chi connectivity index (χ3v) is 6.62. The van der Waals surface area contributed by atoms with Crippen LogP contribution in [0, 0.1) is 11.8 Å². The number of sulfonamides is 1. The molecule has 1 heterocycles. The van der Waals surface area contributed by atoms with E-state index in [-0.39, 0.29) is 24.3 Å². The van der Waals surface area contributed by atoms with Crippen molar-refractivity contribution in [1.29, 1.82) is 0 Å². The van der Waals surface area contributed by atoms with Crippen LogP contribution in [-0.2, 0) is 19.6 Å². The molecule has 0 aromatic rings. The summed E-state index contributed by atoms with van der Waals surface area (Å²) >= 11 is 0. The molecule has 2 fully saturated rings. The Morgan fingerprint density at radius 1 is 1.14 bits per heavy atom. The number of hydrogen-bond donors (Lipinski definition) is 2. The first-order valence-corrected chi connectivity index (χ1v) is 9.39. The minimum atomic E-state index is -3.35. The van der Waals surface area contributed by atoms with Crippen molar-refractivity contribution in [2.45, 2.75) is 44.3 Å². The van der Waals surface area contributed by atoms with E-state index < -0.39 is 21.2 Å². The lowest BCUT2D eigenvalue weighted by atomic mass is 9.81. The molecule has 0 radical (unpaired) electrons. The molecule has 1 aliphatic carbocycles. The minimum absolute atomic E-state index is 0.0157. The first-order chi connectivity index (χ1) is 10.3. The number of nitrogens with one attached hydrogen (secondary N) is 1. The lowest BCUT2D eigenvalue weighted by Gasteiger charge is -2.28. The van der Waals surface area contributed by atoms with E-state index in [0.29, 0.717) is 45.2 Å². The van der Waals surface area contributed by atoms with Crippen molar-refractivity contribution in [1.82, 2.24) is 9.62 Å². The summed E-state index contributed by atoms with van der Waals surface area (Å²) in [4.78, 5) is 25.0. The second-order valence-corrected chi connectivity index (χ2v) is 8.17. The largest absolute Gasteiger partial charge is 0.481 e. The van der Waals surface area contributed by atoms with Crippen LogP contribution >= 0.6 is 0 Å². The normalized spacial score (nSPS) is 29.5. The van der Waals surface area contributed by atoms with Gasteiger partial charge in [0.05, 0.1) is 11.2 Å². The monoisotopic (exact) mass is 332 g/mol. The summed E-state index contributed by atoms with van der Waals surface area (Å²) in [7, 11) is -3.35. The zero-order valence-electron chi connectivity index (χ0n) is 12.8. The second kappa shape index (κ2) is 6.95. The third kappa shape index (κ3) is 3.78. The maximum absolute atomic E-state index is 12.5. The zero-order chi connectivity index (χ0) is 16.3. The topological polar surface area (TPSA) is 104 Å². The summed E-state index contributed by atoms with van der Waals surface area (Å²) in [5, 5.41) is 8.45. The van der Waals surface area contributed by atoms with Crippen LogP contribution in [0.3, 0.4) is 0 Å². The maximum Gasteiger partial charge on any atom is 0.306 e. The van der Waals surface area contributed by atoms with Gasteiger partial charge in [0, 0.05) is 25.6 Å². The number of carbonyl (C=O) groups excluding carboxylic acids is 1. The molecule has 0 bridgehead atoms. The van der Waals surface area contributed by atoms with Crippen LogP contribution in [0.15, 0.2) is 0 Å². The molecule has 1 saturated carbocycles. The van der Waals surface area contributed by atoms with E-state index in [2.05, 4.69) is 4.72 Å². The van der Waals surface area contributed by atoms with Crippen molar-refractivity contribution in [3.8, 4) is 0 Å². The van der Waals surface area contributed by atoms with Gasteiger partial charge in [-0.15, -0.1) is 0 Å². The number of nitrogens with zero attached hydrogens (tertiary/aromatic N) is 1. The average molecular weight is 332 g/mol. The van der Waals surface area contributed by atoms with Gasteiger partial charge in [-0.05, 0) is 32.1 Å². The van der Waals surface area contributed by atoms with Crippen LogP contribution in [0.25, 0.3) is 0 Å². The molecule has 0 aromatic heterocycles. The number of amides is 1. The standard InChI is InChI=1S/C14H24N2O5S/c1-2-15-22(20,21)12-7-8-16(9-12)13(17)10-3-5-11(6-4-10)14(18)19/h10-12,15H,2-9H2,1H3,(H,18,19). The Morgan fingerprint density at radius 2 is 1.73 bits per heavy atom. The molecule has 1 atom stereocenters. The molecule has 2 N–H and O–H groups in total. The van der Waals surface area contributed by atoms with Gasteiger partial charge in [0.1, 0.15) is 0 Å². The minimum Gasteiger partial charge on any atom is -0.481 e. The fourth-order valence-electron chi connectivity index (χ4n) is 3.35. The number of likely N-dealkylation sites (tertiary alicyclic amines) is 1. The number of hydrogen-bond acceptors (Lipinski definition) is 4. The summed E-state index contributed by atoms with van der Waals surface area (Å²) in [6.07, 6.45) is 2.68. The van der Waals surface area contributed by atoms with Crippen LogP contribution in [0.5, 0.6) is 0 Å². The predicted octanol–water partition coefficient (Wildman–Crippen LogP) is 0.418. The highest BCUT2D eigenvalue weighted by atomic mass is 32.2. The summed E-state index contributed by atoms with van der Waals surface area (Å²) in [5.74, 6) is -1.30. The lowest BCUT2D eigenvalue weighted by molar-refractivity contribution is -0.145. The lowest BCUT2D eigenvalue weighted by Crippen LogP contribution is -2.40. The number of rotatable bonds is 5. The van der Waals surface area contributed by atoms with E-state index in [4.69, 9.17) is 5.11 Å². The van der Waals surface area contributed by atoms with Crippen molar-refractivity contribution >= 4 is 21.9 Å². The van der Waals surface area contributed by atoms with Crippen LogP contribution in [-0.4, -0.2) is 55.2 Å². The molecule has 22 heavy (non-hydrogen) atoms. The zero-order valence-corrected chi connectivity index (χ0v) is 13.6. The van der Waals surface area contributed by atoms with Crippen LogP contribution < -0.4 is 4.72 Å². The van der Waals surface area contributed by atoms with Crippen molar-refractivity contribution in [3.05, 3.63) is 0 Å². The Hall–Kier alpha value is -1.15. The van der Waals surface area contributed by atoms with Gasteiger partial charge in [-0.1, -0.05) is 6.92 Å². The van der Waals surface area contributed by atoms with E-state index in [1.54, 1.807) is 11.8 Å². The summed E-state index contributed by atoms with van der Waals surface area (Å²) < 4.78 is 26.5. The molecule has 2 rings (SSSR count). The first kappa shape index (κ1) is 17.2. The highest BCUT2D eigenvalue weighted by molar-refractivity contribution is 7.90. The van der Waals surface area contributed by atoms with E-state index >= 15 is 0 Å². The Morgan fingerprint density at radius 3 is 2.27 bits per heavy atom. The molecule has 0 aromatic carbocycles. The van der Waals surface area contributed by atoms with Gasteiger partial charge in [0.2, 0.25) is 15.9 Å². The van der Waals surface area contributed by atoms with Crippen molar-refractivity contribution < 1.29 is 23.1 Å². The number of carbonyl (C=O) groups is 2. The molecule has 1 unspecified atom stereocenters. The van der Waals surface area contributed by atoms with Gasteiger partial charge in [0.25, 0.3) is 0 Å². The van der Waals surface area contributed by atoms with Crippen LogP contribution in [0.1, 0.15) is 39.0 Å². The average Bonchev–Trinajstić information content (AvgIpc) is 2.97. The molecule has 1 amide bonds. The fraction of sp³-hybridized carbons (Fsp3) is 0.857. The van der Waals surface area contributed by atoms with Crippen molar-refractivity contribution in [2.24, 2.45) is 11.8 Å². The molecule has 126 valence electrons. The van der Waals surface area contributed by atoms with Gasteiger partial charge in [0.15, 0.2) is 0 Å². The summed E-state index contributed by atoms with van der Waals surface area (Å²) in [6.45, 7) is 2.79. The van der Waals surface area contributed by atoms with Gasteiger partial charge in [-0.25, -0.2) is 13.1 Å². The van der Waals surface area contributed by atoms with E-state index in [9.17, 15) is 18.0 Å². The fourth-order valence-corrected chi connectivity index (χ4v) is 4.78. The molecular weight excluding hydrogens is 308 g/mol. The van der Waals surface area contributed by atoms with Gasteiger partial charge in [-0.2, -0.15) is 0 Å². The molecule has 1 aliphatic heterocycles. The Balaban J connectivity index is 1.89. The van der Waals surface area contributed by atoms with Gasteiger partial charge >= 0.3 is 5.97 Å².